The molecule has 1 aliphatic rings. The van der Waals surface area contributed by atoms with Crippen molar-refractivity contribution >= 4 is 11.8 Å². The Morgan fingerprint density at radius 1 is 1.11 bits per heavy atom. The molecule has 1 rings (SSSR count). The molecule has 0 unspecified atom stereocenters. The smallest absolute Gasteiger partial charge is 0.221 e. The third-order valence-corrected chi connectivity index (χ3v) is 2.71. The summed E-state index contributed by atoms with van der Waals surface area (Å²) in [4.78, 5) is 22.7. The molecule has 1 aliphatic carbocycles. The number of carbonyl (C=O) groups is 2. The average molecular weight is 255 g/mol. The van der Waals surface area contributed by atoms with Crippen molar-refractivity contribution in [2.75, 3.05) is 19.6 Å². The molecule has 0 atom stereocenters. The SMILES string of the molecule is CC(C)CNC(=O)CCNCCC(=O)NC1CC1. The van der Waals surface area contributed by atoms with Crippen LogP contribution in [0.2, 0.25) is 0 Å². The minimum Gasteiger partial charge on any atom is -0.356 e. The second-order valence-electron chi connectivity index (χ2n) is 5.29. The lowest BCUT2D eigenvalue weighted by Gasteiger charge is -2.08. The molecule has 18 heavy (non-hydrogen) atoms. The standard InChI is InChI=1S/C13H25N3O2/c1-10(2)9-15-12(17)5-7-14-8-6-13(18)16-11-3-4-11/h10-11,14H,3-9H2,1-2H3,(H,15,17)(H,16,18). The summed E-state index contributed by atoms with van der Waals surface area (Å²) < 4.78 is 0. The van der Waals surface area contributed by atoms with Crippen molar-refractivity contribution in [3.05, 3.63) is 0 Å². The highest BCUT2D eigenvalue weighted by molar-refractivity contribution is 5.77. The summed E-state index contributed by atoms with van der Waals surface area (Å²) in [6, 6.07) is 0.430. The molecule has 0 aliphatic heterocycles. The highest BCUT2D eigenvalue weighted by Crippen LogP contribution is 2.18. The van der Waals surface area contributed by atoms with Crippen molar-refractivity contribution in [1.82, 2.24) is 16.0 Å². The van der Waals surface area contributed by atoms with E-state index in [9.17, 15) is 9.59 Å². The van der Waals surface area contributed by atoms with Crippen LogP contribution in [0.4, 0.5) is 0 Å². The number of amides is 2. The molecule has 0 heterocycles. The summed E-state index contributed by atoms with van der Waals surface area (Å²) in [6.45, 7) is 6.12. The first-order valence-electron chi connectivity index (χ1n) is 6.84. The molecule has 104 valence electrons. The van der Waals surface area contributed by atoms with Crippen LogP contribution in [0.25, 0.3) is 0 Å². The maximum absolute atomic E-state index is 11.4. The molecule has 1 saturated carbocycles. The molecular formula is C13H25N3O2. The van der Waals surface area contributed by atoms with E-state index in [0.29, 0.717) is 37.9 Å². The third-order valence-electron chi connectivity index (χ3n) is 2.71. The first kappa shape index (κ1) is 15.0. The highest BCUT2D eigenvalue weighted by atomic mass is 16.2. The second kappa shape index (κ2) is 8.08. The van der Waals surface area contributed by atoms with Gasteiger partial charge in [0.25, 0.3) is 0 Å². The van der Waals surface area contributed by atoms with Crippen LogP contribution in [0.15, 0.2) is 0 Å². The number of hydrogen-bond acceptors (Lipinski definition) is 3. The molecule has 1 fully saturated rings. The van der Waals surface area contributed by atoms with E-state index in [1.807, 2.05) is 0 Å². The topological polar surface area (TPSA) is 70.2 Å². The number of hydrogen-bond donors (Lipinski definition) is 3. The van der Waals surface area contributed by atoms with Gasteiger partial charge in [0.15, 0.2) is 0 Å². The van der Waals surface area contributed by atoms with E-state index in [-0.39, 0.29) is 11.8 Å². The Labute approximate surface area is 109 Å². The Kier molecular flexibility index (Phi) is 6.72. The van der Waals surface area contributed by atoms with Gasteiger partial charge in [-0.15, -0.1) is 0 Å². The van der Waals surface area contributed by atoms with Gasteiger partial charge in [0, 0.05) is 38.5 Å². The fourth-order valence-electron chi connectivity index (χ4n) is 1.46. The van der Waals surface area contributed by atoms with Crippen molar-refractivity contribution in [3.63, 3.8) is 0 Å². The van der Waals surface area contributed by atoms with E-state index in [4.69, 9.17) is 0 Å². The molecule has 5 nitrogen and oxygen atoms in total. The summed E-state index contributed by atoms with van der Waals surface area (Å²) in [5, 5.41) is 8.89. The van der Waals surface area contributed by atoms with Gasteiger partial charge in [0.2, 0.25) is 11.8 Å². The van der Waals surface area contributed by atoms with Crippen molar-refractivity contribution in [2.45, 2.75) is 45.6 Å². The monoisotopic (exact) mass is 255 g/mol. The molecule has 0 aromatic heterocycles. The Balaban J connectivity index is 1.87. The van der Waals surface area contributed by atoms with Crippen LogP contribution in [0.5, 0.6) is 0 Å². The number of rotatable bonds is 9. The minimum absolute atomic E-state index is 0.0682. The molecule has 2 amide bonds. The normalized spacial score (nSPS) is 14.6. The van der Waals surface area contributed by atoms with Gasteiger partial charge in [0.05, 0.1) is 0 Å². The van der Waals surface area contributed by atoms with Gasteiger partial charge in [-0.25, -0.2) is 0 Å². The van der Waals surface area contributed by atoms with Gasteiger partial charge in [-0.3, -0.25) is 9.59 Å². The van der Waals surface area contributed by atoms with E-state index < -0.39 is 0 Å². The summed E-state index contributed by atoms with van der Waals surface area (Å²) in [5.74, 6) is 0.654. The van der Waals surface area contributed by atoms with Gasteiger partial charge in [0.1, 0.15) is 0 Å². The predicted molar refractivity (Wildman–Crippen MR) is 71.1 cm³/mol. The van der Waals surface area contributed by atoms with Gasteiger partial charge >= 0.3 is 0 Å². The first-order chi connectivity index (χ1) is 8.58. The van der Waals surface area contributed by atoms with Gasteiger partial charge in [-0.1, -0.05) is 13.8 Å². The van der Waals surface area contributed by atoms with Gasteiger partial charge < -0.3 is 16.0 Å². The second-order valence-corrected chi connectivity index (χ2v) is 5.29. The van der Waals surface area contributed by atoms with Crippen molar-refractivity contribution < 1.29 is 9.59 Å². The van der Waals surface area contributed by atoms with Gasteiger partial charge in [-0.2, -0.15) is 0 Å². The van der Waals surface area contributed by atoms with Crippen LogP contribution >= 0.6 is 0 Å². The lowest BCUT2D eigenvalue weighted by Crippen LogP contribution is -2.32. The summed E-state index contributed by atoms with van der Waals surface area (Å²) >= 11 is 0. The van der Waals surface area contributed by atoms with Crippen LogP contribution in [-0.4, -0.2) is 37.5 Å². The van der Waals surface area contributed by atoms with Crippen molar-refractivity contribution in [2.24, 2.45) is 5.92 Å². The zero-order chi connectivity index (χ0) is 13.4. The van der Waals surface area contributed by atoms with Crippen LogP contribution in [0.3, 0.4) is 0 Å². The van der Waals surface area contributed by atoms with E-state index in [1.54, 1.807) is 0 Å². The van der Waals surface area contributed by atoms with Gasteiger partial charge in [-0.05, 0) is 18.8 Å². The molecule has 0 spiro atoms. The van der Waals surface area contributed by atoms with E-state index in [1.165, 1.54) is 0 Å². The summed E-state index contributed by atoms with van der Waals surface area (Å²) in [7, 11) is 0. The highest BCUT2D eigenvalue weighted by Gasteiger charge is 2.22. The quantitative estimate of drug-likeness (QED) is 0.523. The average Bonchev–Trinajstić information content (AvgIpc) is 3.09. The Morgan fingerprint density at radius 3 is 2.28 bits per heavy atom. The lowest BCUT2D eigenvalue weighted by atomic mass is 10.2. The fraction of sp³-hybridized carbons (Fsp3) is 0.846. The Hall–Kier alpha value is -1.10. The Bertz CT molecular complexity index is 275. The fourth-order valence-corrected chi connectivity index (χ4v) is 1.46. The molecule has 0 saturated heterocycles. The van der Waals surface area contributed by atoms with E-state index in [2.05, 4.69) is 29.8 Å². The zero-order valence-electron chi connectivity index (χ0n) is 11.4. The van der Waals surface area contributed by atoms with Crippen LogP contribution < -0.4 is 16.0 Å². The zero-order valence-corrected chi connectivity index (χ0v) is 11.4. The lowest BCUT2D eigenvalue weighted by molar-refractivity contribution is -0.121. The molecular weight excluding hydrogens is 230 g/mol. The maximum atomic E-state index is 11.4. The Morgan fingerprint density at radius 2 is 1.72 bits per heavy atom. The largest absolute Gasteiger partial charge is 0.356 e. The first-order valence-corrected chi connectivity index (χ1v) is 6.84. The van der Waals surface area contributed by atoms with E-state index >= 15 is 0 Å². The molecule has 0 aromatic rings. The van der Waals surface area contributed by atoms with E-state index in [0.717, 1.165) is 19.4 Å². The van der Waals surface area contributed by atoms with Crippen LogP contribution in [0, 0.1) is 5.92 Å². The van der Waals surface area contributed by atoms with Crippen molar-refractivity contribution in [1.29, 1.82) is 0 Å². The maximum Gasteiger partial charge on any atom is 0.221 e. The number of carbonyl (C=O) groups excluding carboxylic acids is 2. The molecule has 0 bridgehead atoms. The van der Waals surface area contributed by atoms with Crippen LogP contribution in [0.1, 0.15) is 39.5 Å². The van der Waals surface area contributed by atoms with Crippen LogP contribution in [-0.2, 0) is 9.59 Å². The molecule has 0 radical (unpaired) electrons. The minimum atomic E-state index is 0.0682. The molecule has 5 heteroatoms. The summed E-state index contributed by atoms with van der Waals surface area (Å²) in [6.07, 6.45) is 3.20. The molecule has 3 N–H and O–H groups in total. The third kappa shape index (κ3) is 8.06. The number of nitrogens with one attached hydrogen (secondary N) is 3. The predicted octanol–water partition coefficient (Wildman–Crippen LogP) is 0.407. The summed E-state index contributed by atoms with van der Waals surface area (Å²) in [5.41, 5.74) is 0. The molecule has 0 aromatic carbocycles. The van der Waals surface area contributed by atoms with Crippen molar-refractivity contribution in [3.8, 4) is 0 Å².